The van der Waals surface area contributed by atoms with Gasteiger partial charge >= 0.3 is 0 Å². The monoisotopic (exact) mass is 302 g/mol. The van der Waals surface area contributed by atoms with E-state index in [0.717, 1.165) is 47.8 Å². The third-order valence-corrected chi connectivity index (χ3v) is 4.04. The quantitative estimate of drug-likeness (QED) is 0.935. The highest BCUT2D eigenvalue weighted by molar-refractivity contribution is 6.30. The topological polar surface area (TPSA) is 34.1 Å². The molecule has 1 aliphatic heterocycles. The number of aromatic nitrogens is 1. The van der Waals surface area contributed by atoms with Gasteiger partial charge in [-0.1, -0.05) is 29.8 Å². The van der Waals surface area contributed by atoms with E-state index in [9.17, 15) is 0 Å². The number of halogens is 1. The smallest absolute Gasteiger partial charge is 0.0897 e. The molecule has 3 nitrogen and oxygen atoms in total. The Bertz CT molecular complexity index is 580. The molecule has 110 valence electrons. The molecule has 2 aromatic rings. The van der Waals surface area contributed by atoms with E-state index in [1.807, 2.05) is 36.5 Å². The molecule has 0 bridgehead atoms. The molecule has 1 aromatic carbocycles. The largest absolute Gasteiger partial charge is 0.372 e. The SMILES string of the molecule is Clc1ccc(-c2cccnc2COC2CCNCC2)cc1. The first-order chi connectivity index (χ1) is 10.3. The minimum atomic E-state index is 0.339. The number of benzene rings is 1. The van der Waals surface area contributed by atoms with Gasteiger partial charge in [0, 0.05) is 16.8 Å². The zero-order valence-electron chi connectivity index (χ0n) is 11.9. The zero-order valence-corrected chi connectivity index (χ0v) is 12.6. The highest BCUT2D eigenvalue weighted by Crippen LogP contribution is 2.25. The first-order valence-corrected chi connectivity index (χ1v) is 7.73. The molecule has 0 radical (unpaired) electrons. The predicted octanol–water partition coefficient (Wildman–Crippen LogP) is 3.67. The van der Waals surface area contributed by atoms with Crippen LogP contribution in [-0.2, 0) is 11.3 Å². The van der Waals surface area contributed by atoms with Gasteiger partial charge in [-0.25, -0.2) is 0 Å². The molecule has 1 N–H and O–H groups in total. The van der Waals surface area contributed by atoms with Gasteiger partial charge in [0.2, 0.25) is 0 Å². The maximum absolute atomic E-state index is 6.03. The standard InChI is InChI=1S/C17H19ClN2O/c18-14-5-3-13(4-6-14)16-2-1-9-20-17(16)12-21-15-7-10-19-11-8-15/h1-6,9,15,19H,7-8,10-12H2. The van der Waals surface area contributed by atoms with Crippen molar-refractivity contribution in [3.8, 4) is 11.1 Å². The van der Waals surface area contributed by atoms with E-state index in [1.165, 1.54) is 0 Å². The van der Waals surface area contributed by atoms with Crippen LogP contribution in [0, 0.1) is 0 Å². The number of piperidine rings is 1. The van der Waals surface area contributed by atoms with E-state index in [4.69, 9.17) is 16.3 Å². The van der Waals surface area contributed by atoms with Gasteiger partial charge in [0.15, 0.2) is 0 Å². The molecule has 1 aromatic heterocycles. The van der Waals surface area contributed by atoms with E-state index >= 15 is 0 Å². The van der Waals surface area contributed by atoms with Gasteiger partial charge in [-0.15, -0.1) is 0 Å². The molecule has 0 saturated carbocycles. The third kappa shape index (κ3) is 3.82. The second-order valence-electron chi connectivity index (χ2n) is 5.26. The van der Waals surface area contributed by atoms with E-state index < -0.39 is 0 Å². The van der Waals surface area contributed by atoms with Gasteiger partial charge in [-0.2, -0.15) is 0 Å². The van der Waals surface area contributed by atoms with Crippen molar-refractivity contribution < 1.29 is 4.74 Å². The van der Waals surface area contributed by atoms with Crippen molar-refractivity contribution in [2.75, 3.05) is 13.1 Å². The average Bonchev–Trinajstić information content (AvgIpc) is 2.55. The summed E-state index contributed by atoms with van der Waals surface area (Å²) in [6.07, 6.45) is 4.30. The molecule has 0 spiro atoms. The second-order valence-corrected chi connectivity index (χ2v) is 5.70. The van der Waals surface area contributed by atoms with Crippen LogP contribution in [0.5, 0.6) is 0 Å². The van der Waals surface area contributed by atoms with Crippen LogP contribution >= 0.6 is 11.6 Å². The molecule has 4 heteroatoms. The molecule has 1 saturated heterocycles. The Kier molecular flexibility index (Phi) is 4.86. The number of hydrogen-bond donors (Lipinski definition) is 1. The lowest BCUT2D eigenvalue weighted by molar-refractivity contribution is 0.0198. The fraction of sp³-hybridized carbons (Fsp3) is 0.353. The van der Waals surface area contributed by atoms with Crippen molar-refractivity contribution in [2.45, 2.75) is 25.6 Å². The van der Waals surface area contributed by atoms with E-state index in [1.54, 1.807) is 0 Å². The van der Waals surface area contributed by atoms with Crippen molar-refractivity contribution in [1.29, 1.82) is 0 Å². The minimum Gasteiger partial charge on any atom is -0.372 e. The normalized spacial score (nSPS) is 16.0. The zero-order chi connectivity index (χ0) is 14.5. The molecule has 1 fully saturated rings. The third-order valence-electron chi connectivity index (χ3n) is 3.79. The van der Waals surface area contributed by atoms with Crippen LogP contribution in [0.4, 0.5) is 0 Å². The molecule has 1 aliphatic rings. The fourth-order valence-corrected chi connectivity index (χ4v) is 2.73. The van der Waals surface area contributed by atoms with Gasteiger partial charge < -0.3 is 10.1 Å². The van der Waals surface area contributed by atoms with Crippen molar-refractivity contribution in [3.05, 3.63) is 53.3 Å². The number of pyridine rings is 1. The van der Waals surface area contributed by atoms with Crippen molar-refractivity contribution in [2.24, 2.45) is 0 Å². The lowest BCUT2D eigenvalue weighted by Gasteiger charge is -2.23. The molecule has 21 heavy (non-hydrogen) atoms. The lowest BCUT2D eigenvalue weighted by atomic mass is 10.0. The van der Waals surface area contributed by atoms with E-state index in [2.05, 4.69) is 16.4 Å². The van der Waals surface area contributed by atoms with Crippen molar-refractivity contribution in [1.82, 2.24) is 10.3 Å². The Balaban J connectivity index is 1.74. The number of ether oxygens (including phenoxy) is 1. The second kappa shape index (κ2) is 7.03. The summed E-state index contributed by atoms with van der Waals surface area (Å²) < 4.78 is 6.03. The number of nitrogens with one attached hydrogen (secondary N) is 1. The van der Waals surface area contributed by atoms with Gasteiger partial charge in [-0.05, 0) is 49.7 Å². The first kappa shape index (κ1) is 14.5. The number of rotatable bonds is 4. The highest BCUT2D eigenvalue weighted by Gasteiger charge is 2.14. The number of nitrogens with zero attached hydrogens (tertiary/aromatic N) is 1. The summed E-state index contributed by atoms with van der Waals surface area (Å²) in [6.45, 7) is 2.64. The average molecular weight is 303 g/mol. The van der Waals surface area contributed by atoms with Crippen LogP contribution in [0.2, 0.25) is 5.02 Å². The minimum absolute atomic E-state index is 0.339. The number of hydrogen-bond acceptors (Lipinski definition) is 3. The molecule has 3 rings (SSSR count). The molecule has 0 amide bonds. The summed E-state index contributed by atoms with van der Waals surface area (Å²) in [5, 5.41) is 4.09. The van der Waals surface area contributed by atoms with Gasteiger partial charge in [0.25, 0.3) is 0 Å². The predicted molar refractivity (Wildman–Crippen MR) is 85.4 cm³/mol. The van der Waals surface area contributed by atoms with Crippen molar-refractivity contribution in [3.63, 3.8) is 0 Å². The molecular weight excluding hydrogens is 284 g/mol. The molecule has 0 atom stereocenters. The Labute approximate surface area is 130 Å². The summed E-state index contributed by atoms with van der Waals surface area (Å²) in [7, 11) is 0. The van der Waals surface area contributed by atoms with Crippen LogP contribution in [0.3, 0.4) is 0 Å². The van der Waals surface area contributed by atoms with Crippen LogP contribution in [0.15, 0.2) is 42.6 Å². The summed E-state index contributed by atoms with van der Waals surface area (Å²) in [5.41, 5.74) is 3.22. The van der Waals surface area contributed by atoms with Gasteiger partial charge in [-0.3, -0.25) is 4.98 Å². The van der Waals surface area contributed by atoms with Crippen LogP contribution in [-0.4, -0.2) is 24.2 Å². The molecular formula is C17H19ClN2O. The van der Waals surface area contributed by atoms with Crippen LogP contribution in [0.25, 0.3) is 11.1 Å². The lowest BCUT2D eigenvalue weighted by Crippen LogP contribution is -2.32. The summed E-state index contributed by atoms with van der Waals surface area (Å²) in [4.78, 5) is 4.49. The van der Waals surface area contributed by atoms with Crippen LogP contribution in [0.1, 0.15) is 18.5 Å². The molecule has 2 heterocycles. The maximum Gasteiger partial charge on any atom is 0.0897 e. The summed E-state index contributed by atoms with van der Waals surface area (Å²) >= 11 is 5.96. The van der Waals surface area contributed by atoms with Crippen molar-refractivity contribution >= 4 is 11.6 Å². The molecule has 0 aliphatic carbocycles. The van der Waals surface area contributed by atoms with Crippen LogP contribution < -0.4 is 5.32 Å². The van der Waals surface area contributed by atoms with E-state index in [0.29, 0.717) is 12.7 Å². The highest BCUT2D eigenvalue weighted by atomic mass is 35.5. The Morgan fingerprint density at radius 2 is 1.90 bits per heavy atom. The fourth-order valence-electron chi connectivity index (χ4n) is 2.60. The van der Waals surface area contributed by atoms with E-state index in [-0.39, 0.29) is 0 Å². The van der Waals surface area contributed by atoms with Gasteiger partial charge in [0.05, 0.1) is 18.4 Å². The first-order valence-electron chi connectivity index (χ1n) is 7.35. The Hall–Kier alpha value is -1.42. The van der Waals surface area contributed by atoms with Gasteiger partial charge in [0.1, 0.15) is 0 Å². The molecule has 0 unspecified atom stereocenters. The Morgan fingerprint density at radius 1 is 1.14 bits per heavy atom. The summed E-state index contributed by atoms with van der Waals surface area (Å²) in [5.74, 6) is 0. The maximum atomic E-state index is 6.03. The Morgan fingerprint density at radius 3 is 2.67 bits per heavy atom. The summed E-state index contributed by atoms with van der Waals surface area (Å²) in [6, 6.07) is 11.9.